The van der Waals surface area contributed by atoms with E-state index in [1.165, 1.54) is 11.5 Å². The molecule has 0 atom stereocenters. The standard InChI is InChI=1S/C11H11N5S/c1-16-8-4-2-3-7(5-12)10(8)14-11(16)9-6-13-15-17-9/h2-4,6H,5,12H2,1H3. The molecule has 0 saturated heterocycles. The summed E-state index contributed by atoms with van der Waals surface area (Å²) >= 11 is 1.34. The maximum atomic E-state index is 5.72. The van der Waals surface area contributed by atoms with Gasteiger partial charge in [-0.05, 0) is 23.2 Å². The second-order valence-electron chi connectivity index (χ2n) is 3.77. The molecule has 2 N–H and O–H groups in total. The summed E-state index contributed by atoms with van der Waals surface area (Å²) in [5, 5.41) is 3.84. The van der Waals surface area contributed by atoms with Crippen molar-refractivity contribution in [2.75, 3.05) is 0 Å². The van der Waals surface area contributed by atoms with Crippen LogP contribution in [0, 0.1) is 0 Å². The van der Waals surface area contributed by atoms with Crippen LogP contribution in [0.2, 0.25) is 0 Å². The van der Waals surface area contributed by atoms with E-state index in [1.54, 1.807) is 6.20 Å². The lowest BCUT2D eigenvalue weighted by Crippen LogP contribution is -1.97. The van der Waals surface area contributed by atoms with Gasteiger partial charge in [0, 0.05) is 13.6 Å². The maximum absolute atomic E-state index is 5.72. The van der Waals surface area contributed by atoms with E-state index in [0.717, 1.165) is 27.3 Å². The predicted octanol–water partition coefficient (Wildman–Crippen LogP) is 1.55. The van der Waals surface area contributed by atoms with Crippen molar-refractivity contribution < 1.29 is 0 Å². The molecule has 2 aromatic heterocycles. The molecule has 0 aliphatic heterocycles. The maximum Gasteiger partial charge on any atom is 0.154 e. The molecule has 1 aromatic carbocycles. The van der Waals surface area contributed by atoms with E-state index in [-0.39, 0.29) is 0 Å². The molecular formula is C11H11N5S. The Morgan fingerprint density at radius 1 is 1.41 bits per heavy atom. The Balaban J connectivity index is 2.32. The molecule has 3 rings (SSSR count). The summed E-state index contributed by atoms with van der Waals surface area (Å²) < 4.78 is 5.91. The van der Waals surface area contributed by atoms with E-state index in [4.69, 9.17) is 5.73 Å². The highest BCUT2D eigenvalue weighted by atomic mass is 32.1. The van der Waals surface area contributed by atoms with E-state index in [0.29, 0.717) is 6.54 Å². The normalized spacial score (nSPS) is 11.2. The van der Waals surface area contributed by atoms with Crippen LogP contribution < -0.4 is 5.73 Å². The van der Waals surface area contributed by atoms with Crippen LogP contribution in [-0.2, 0) is 13.6 Å². The first-order chi connectivity index (χ1) is 8.31. The van der Waals surface area contributed by atoms with Crippen molar-refractivity contribution in [3.8, 4) is 10.7 Å². The van der Waals surface area contributed by atoms with E-state index in [2.05, 4.69) is 14.6 Å². The van der Waals surface area contributed by atoms with Crippen LogP contribution in [0.25, 0.3) is 21.7 Å². The Hall–Kier alpha value is -1.79. The first-order valence-corrected chi connectivity index (χ1v) is 6.00. The Kier molecular flexibility index (Phi) is 2.38. The lowest BCUT2D eigenvalue weighted by molar-refractivity contribution is 0.962. The molecule has 0 saturated carbocycles. The van der Waals surface area contributed by atoms with Gasteiger partial charge in [-0.15, -0.1) is 5.10 Å². The summed E-state index contributed by atoms with van der Waals surface area (Å²) in [7, 11) is 1.99. The minimum Gasteiger partial charge on any atom is -0.326 e. The molecule has 2 heterocycles. The van der Waals surface area contributed by atoms with Gasteiger partial charge >= 0.3 is 0 Å². The molecule has 0 aliphatic rings. The lowest BCUT2D eigenvalue weighted by Gasteiger charge is -1.99. The molecule has 5 nitrogen and oxygen atoms in total. The zero-order valence-electron chi connectivity index (χ0n) is 9.29. The number of nitrogens with two attached hydrogens (primary N) is 1. The molecule has 0 bridgehead atoms. The van der Waals surface area contributed by atoms with Gasteiger partial charge in [-0.3, -0.25) is 0 Å². The van der Waals surface area contributed by atoms with Gasteiger partial charge in [0.2, 0.25) is 0 Å². The molecule has 0 fully saturated rings. The minimum atomic E-state index is 0.495. The Morgan fingerprint density at radius 3 is 3.00 bits per heavy atom. The zero-order chi connectivity index (χ0) is 11.8. The van der Waals surface area contributed by atoms with Crippen LogP contribution >= 0.6 is 11.5 Å². The van der Waals surface area contributed by atoms with Gasteiger partial charge in [0.15, 0.2) is 5.82 Å². The predicted molar refractivity (Wildman–Crippen MR) is 67.5 cm³/mol. The van der Waals surface area contributed by atoms with Crippen LogP contribution in [0.4, 0.5) is 0 Å². The molecule has 0 amide bonds. The van der Waals surface area contributed by atoms with Crippen molar-refractivity contribution in [3.05, 3.63) is 30.0 Å². The van der Waals surface area contributed by atoms with Gasteiger partial charge < -0.3 is 10.3 Å². The van der Waals surface area contributed by atoms with Gasteiger partial charge in [0.25, 0.3) is 0 Å². The topological polar surface area (TPSA) is 69.6 Å². The lowest BCUT2D eigenvalue weighted by atomic mass is 10.2. The Morgan fingerprint density at radius 2 is 2.29 bits per heavy atom. The number of nitrogens with zero attached hydrogens (tertiary/aromatic N) is 4. The molecule has 0 unspecified atom stereocenters. The molecule has 3 aromatic rings. The number of rotatable bonds is 2. The monoisotopic (exact) mass is 245 g/mol. The smallest absolute Gasteiger partial charge is 0.154 e. The molecule has 0 aliphatic carbocycles. The minimum absolute atomic E-state index is 0.495. The fourth-order valence-electron chi connectivity index (χ4n) is 1.92. The fraction of sp³-hybridized carbons (Fsp3) is 0.182. The van der Waals surface area contributed by atoms with Crippen molar-refractivity contribution in [1.29, 1.82) is 0 Å². The van der Waals surface area contributed by atoms with Gasteiger partial charge in [0.05, 0.1) is 17.2 Å². The van der Waals surface area contributed by atoms with E-state index in [1.807, 2.05) is 29.8 Å². The molecule has 0 radical (unpaired) electrons. The van der Waals surface area contributed by atoms with Crippen LogP contribution in [-0.4, -0.2) is 19.1 Å². The van der Waals surface area contributed by atoms with E-state index >= 15 is 0 Å². The number of imidazole rings is 1. The highest BCUT2D eigenvalue weighted by Crippen LogP contribution is 2.26. The highest BCUT2D eigenvalue weighted by Gasteiger charge is 2.13. The summed E-state index contributed by atoms with van der Waals surface area (Å²) in [6, 6.07) is 6.05. The third kappa shape index (κ3) is 1.53. The number of hydrogen-bond donors (Lipinski definition) is 1. The van der Waals surface area contributed by atoms with Crippen molar-refractivity contribution in [3.63, 3.8) is 0 Å². The number of aryl methyl sites for hydroxylation is 1. The second-order valence-corrected chi connectivity index (χ2v) is 4.55. The van der Waals surface area contributed by atoms with Gasteiger partial charge in [0.1, 0.15) is 4.88 Å². The number of fused-ring (bicyclic) bond motifs is 1. The third-order valence-corrected chi connectivity index (χ3v) is 3.46. The van der Waals surface area contributed by atoms with Crippen LogP contribution in [0.15, 0.2) is 24.4 Å². The molecule has 17 heavy (non-hydrogen) atoms. The van der Waals surface area contributed by atoms with Gasteiger partial charge in [-0.25, -0.2) is 4.98 Å². The number of hydrogen-bond acceptors (Lipinski definition) is 5. The van der Waals surface area contributed by atoms with Crippen molar-refractivity contribution >= 4 is 22.6 Å². The molecule has 86 valence electrons. The first kappa shape index (κ1) is 10.4. The molecule has 0 spiro atoms. The SMILES string of the molecule is Cn1c(-c2cnns2)nc2c(CN)cccc21. The van der Waals surface area contributed by atoms with Gasteiger partial charge in [-0.2, -0.15) is 0 Å². The molecule has 6 heteroatoms. The first-order valence-electron chi connectivity index (χ1n) is 5.23. The summed E-state index contributed by atoms with van der Waals surface area (Å²) in [5.74, 6) is 0.885. The molecular weight excluding hydrogens is 234 g/mol. The van der Waals surface area contributed by atoms with E-state index < -0.39 is 0 Å². The van der Waals surface area contributed by atoms with Crippen molar-refractivity contribution in [2.45, 2.75) is 6.54 Å². The van der Waals surface area contributed by atoms with Crippen LogP contribution in [0.1, 0.15) is 5.56 Å². The van der Waals surface area contributed by atoms with E-state index in [9.17, 15) is 0 Å². The third-order valence-electron chi connectivity index (χ3n) is 2.80. The number of para-hydroxylation sites is 1. The quantitative estimate of drug-likeness (QED) is 0.743. The summed E-state index contributed by atoms with van der Waals surface area (Å²) in [4.78, 5) is 5.60. The highest BCUT2D eigenvalue weighted by molar-refractivity contribution is 7.09. The van der Waals surface area contributed by atoms with Crippen molar-refractivity contribution in [1.82, 2.24) is 19.1 Å². The average Bonchev–Trinajstić information content (AvgIpc) is 2.97. The van der Waals surface area contributed by atoms with Crippen molar-refractivity contribution in [2.24, 2.45) is 12.8 Å². The fourth-order valence-corrected chi connectivity index (χ4v) is 2.46. The summed E-state index contributed by atoms with van der Waals surface area (Å²) in [6.45, 7) is 0.495. The average molecular weight is 245 g/mol. The van der Waals surface area contributed by atoms with Crippen LogP contribution in [0.5, 0.6) is 0 Å². The zero-order valence-corrected chi connectivity index (χ0v) is 10.1. The van der Waals surface area contributed by atoms with Crippen LogP contribution in [0.3, 0.4) is 0 Å². The number of benzene rings is 1. The number of aromatic nitrogens is 4. The second kappa shape index (κ2) is 3.90. The Bertz CT molecular complexity index is 656. The Labute approximate surface area is 102 Å². The largest absolute Gasteiger partial charge is 0.326 e. The summed E-state index contributed by atoms with van der Waals surface area (Å²) in [5.41, 5.74) is 8.82. The summed E-state index contributed by atoms with van der Waals surface area (Å²) in [6.07, 6.45) is 1.73. The van der Waals surface area contributed by atoms with Gasteiger partial charge in [-0.1, -0.05) is 16.6 Å².